The van der Waals surface area contributed by atoms with Gasteiger partial charge >= 0.3 is 0 Å². The number of rotatable bonds is 2. The Morgan fingerprint density at radius 2 is 2.11 bits per heavy atom. The maximum atomic E-state index is 9.79. The van der Waals surface area contributed by atoms with Gasteiger partial charge in [-0.3, -0.25) is 4.98 Å². The number of hydrogen-bond donors (Lipinski definition) is 1. The lowest BCUT2D eigenvalue weighted by Gasteiger charge is -1.99. The average Bonchev–Trinajstić information content (AvgIpc) is 2.92. The highest BCUT2D eigenvalue weighted by molar-refractivity contribution is 9.10. The van der Waals surface area contributed by atoms with Gasteiger partial charge in [0.1, 0.15) is 11.4 Å². The topological polar surface area (TPSA) is 84.9 Å². The van der Waals surface area contributed by atoms with Gasteiger partial charge in [-0.2, -0.15) is 4.98 Å². The molecule has 3 aromatic rings. The first-order valence-electron chi connectivity index (χ1n) is 5.33. The van der Waals surface area contributed by atoms with Crippen molar-refractivity contribution in [2.75, 3.05) is 0 Å². The van der Waals surface area contributed by atoms with Gasteiger partial charge in [0, 0.05) is 16.9 Å². The molecule has 1 aromatic carbocycles. The van der Waals surface area contributed by atoms with Crippen LogP contribution >= 0.6 is 15.9 Å². The number of aromatic nitrogens is 4. The molecule has 0 radical (unpaired) electrons. The first-order valence-corrected chi connectivity index (χ1v) is 6.12. The van der Waals surface area contributed by atoms with Crippen molar-refractivity contribution < 1.29 is 9.63 Å². The molecule has 0 amide bonds. The Hall–Kier alpha value is -2.28. The zero-order valence-electron chi connectivity index (χ0n) is 9.49. The molecule has 2 heterocycles. The maximum Gasteiger partial charge on any atom is 0.262 e. The smallest absolute Gasteiger partial charge is 0.262 e. The predicted molar refractivity (Wildman–Crippen MR) is 70.1 cm³/mol. The number of phenols is 1. The fraction of sp³-hybridized carbons (Fsp3) is 0. The lowest BCUT2D eigenvalue weighted by molar-refractivity contribution is 0.425. The molecule has 2 aromatic heterocycles. The van der Waals surface area contributed by atoms with Gasteiger partial charge in [-0.25, -0.2) is 4.98 Å². The van der Waals surface area contributed by atoms with Crippen LogP contribution in [0.4, 0.5) is 0 Å². The summed E-state index contributed by atoms with van der Waals surface area (Å²) in [5.41, 5.74) is 0.962. The third-order valence-corrected chi connectivity index (χ3v) is 2.90. The highest BCUT2D eigenvalue weighted by Crippen LogP contribution is 2.31. The summed E-state index contributed by atoms with van der Waals surface area (Å²) in [5.74, 6) is 0.611. The van der Waals surface area contributed by atoms with E-state index in [9.17, 15) is 5.11 Å². The van der Waals surface area contributed by atoms with Gasteiger partial charge in [0.2, 0.25) is 5.82 Å². The van der Waals surface area contributed by atoms with Gasteiger partial charge in [0.15, 0.2) is 0 Å². The molecule has 1 N–H and O–H groups in total. The van der Waals surface area contributed by atoms with Crippen molar-refractivity contribution in [2.45, 2.75) is 0 Å². The van der Waals surface area contributed by atoms with Gasteiger partial charge in [-0.15, -0.1) is 0 Å². The summed E-state index contributed by atoms with van der Waals surface area (Å²) >= 11 is 3.32. The minimum Gasteiger partial charge on any atom is -0.507 e. The molecule has 0 aliphatic carbocycles. The molecule has 7 heteroatoms. The Morgan fingerprint density at radius 1 is 1.21 bits per heavy atom. The molecular weight excluding hydrogens is 312 g/mol. The Labute approximate surface area is 116 Å². The van der Waals surface area contributed by atoms with Crippen LogP contribution in [0.1, 0.15) is 0 Å². The Bertz CT molecular complexity index is 715. The van der Waals surface area contributed by atoms with E-state index in [-0.39, 0.29) is 11.6 Å². The number of aromatic hydroxyl groups is 1. The second-order valence-corrected chi connectivity index (χ2v) is 4.59. The summed E-state index contributed by atoms with van der Waals surface area (Å²) in [7, 11) is 0. The molecular formula is C12H7BrN4O2. The summed E-state index contributed by atoms with van der Waals surface area (Å²) in [5, 5.41) is 13.6. The van der Waals surface area contributed by atoms with Crippen LogP contribution in [0.15, 0.2) is 45.8 Å². The number of hydrogen-bond acceptors (Lipinski definition) is 6. The van der Waals surface area contributed by atoms with E-state index < -0.39 is 0 Å². The monoisotopic (exact) mass is 318 g/mol. The highest BCUT2D eigenvalue weighted by atomic mass is 79.9. The van der Waals surface area contributed by atoms with E-state index in [0.717, 1.165) is 4.47 Å². The summed E-state index contributed by atoms with van der Waals surface area (Å²) in [4.78, 5) is 12.2. The molecule has 0 unspecified atom stereocenters. The van der Waals surface area contributed by atoms with Crippen molar-refractivity contribution in [3.05, 3.63) is 41.3 Å². The largest absolute Gasteiger partial charge is 0.507 e. The van der Waals surface area contributed by atoms with E-state index in [1.165, 1.54) is 6.20 Å². The van der Waals surface area contributed by atoms with Crippen LogP contribution < -0.4 is 0 Å². The quantitative estimate of drug-likeness (QED) is 0.781. The van der Waals surface area contributed by atoms with Gasteiger partial charge in [0.25, 0.3) is 5.89 Å². The van der Waals surface area contributed by atoms with E-state index in [4.69, 9.17) is 4.52 Å². The number of phenolic OH excluding ortho intramolecular Hbond substituents is 1. The molecule has 0 aliphatic rings. The minimum absolute atomic E-state index is 0.0672. The van der Waals surface area contributed by atoms with E-state index >= 15 is 0 Å². The molecule has 0 atom stereocenters. The van der Waals surface area contributed by atoms with E-state index in [0.29, 0.717) is 17.1 Å². The number of halogens is 1. The zero-order valence-corrected chi connectivity index (χ0v) is 11.1. The van der Waals surface area contributed by atoms with E-state index in [1.54, 1.807) is 30.6 Å². The third-order valence-electron chi connectivity index (χ3n) is 2.41. The van der Waals surface area contributed by atoms with Crippen LogP contribution in [0.25, 0.3) is 23.0 Å². The number of benzene rings is 1. The normalized spacial score (nSPS) is 10.6. The molecule has 0 fully saturated rings. The number of nitrogens with zero attached hydrogens (tertiary/aromatic N) is 4. The highest BCUT2D eigenvalue weighted by Gasteiger charge is 2.15. The molecule has 3 rings (SSSR count). The van der Waals surface area contributed by atoms with Gasteiger partial charge < -0.3 is 9.63 Å². The first kappa shape index (κ1) is 11.8. The molecule has 0 aliphatic heterocycles. The SMILES string of the molecule is Oc1ccc(Br)cc1-c1nc(-c2cnccn2)no1. The Kier molecular flexibility index (Phi) is 2.96. The van der Waals surface area contributed by atoms with E-state index in [1.807, 2.05) is 0 Å². The van der Waals surface area contributed by atoms with Crippen LogP contribution in [0.5, 0.6) is 5.75 Å². The van der Waals surface area contributed by atoms with Crippen LogP contribution in [0.3, 0.4) is 0 Å². The van der Waals surface area contributed by atoms with Crippen molar-refractivity contribution in [3.8, 4) is 28.7 Å². The Balaban J connectivity index is 2.04. The van der Waals surface area contributed by atoms with Crippen LogP contribution in [-0.2, 0) is 0 Å². The van der Waals surface area contributed by atoms with Gasteiger partial charge in [-0.1, -0.05) is 21.1 Å². The lowest BCUT2D eigenvalue weighted by atomic mass is 10.2. The first-order chi connectivity index (χ1) is 9.24. The average molecular weight is 319 g/mol. The summed E-state index contributed by atoms with van der Waals surface area (Å²) < 4.78 is 5.94. The van der Waals surface area contributed by atoms with Crippen molar-refractivity contribution in [1.29, 1.82) is 0 Å². The predicted octanol–water partition coefficient (Wildman–Crippen LogP) is 2.66. The lowest BCUT2D eigenvalue weighted by Crippen LogP contribution is -1.86. The molecule has 0 saturated heterocycles. The zero-order chi connectivity index (χ0) is 13.2. The standard InChI is InChI=1S/C12H7BrN4O2/c13-7-1-2-10(18)8(5-7)12-16-11(17-19-12)9-6-14-3-4-15-9/h1-6,18H. The van der Waals surface area contributed by atoms with Crippen LogP contribution in [0.2, 0.25) is 0 Å². The van der Waals surface area contributed by atoms with Crippen molar-refractivity contribution >= 4 is 15.9 Å². The van der Waals surface area contributed by atoms with Crippen molar-refractivity contribution in [1.82, 2.24) is 20.1 Å². The third kappa shape index (κ3) is 2.32. The maximum absolute atomic E-state index is 9.79. The van der Waals surface area contributed by atoms with Gasteiger partial charge in [-0.05, 0) is 18.2 Å². The summed E-state index contributed by atoms with van der Waals surface area (Å²) in [6.07, 6.45) is 4.64. The molecule has 19 heavy (non-hydrogen) atoms. The van der Waals surface area contributed by atoms with Crippen molar-refractivity contribution in [2.24, 2.45) is 0 Å². The van der Waals surface area contributed by atoms with Gasteiger partial charge in [0.05, 0.1) is 11.8 Å². The fourth-order valence-corrected chi connectivity index (χ4v) is 1.89. The minimum atomic E-state index is 0.0672. The molecule has 0 saturated carbocycles. The second kappa shape index (κ2) is 4.77. The molecule has 6 nitrogen and oxygen atoms in total. The summed E-state index contributed by atoms with van der Waals surface area (Å²) in [6.45, 7) is 0. The molecule has 0 spiro atoms. The second-order valence-electron chi connectivity index (χ2n) is 3.68. The van der Waals surface area contributed by atoms with Crippen molar-refractivity contribution in [3.63, 3.8) is 0 Å². The summed E-state index contributed by atoms with van der Waals surface area (Å²) in [6, 6.07) is 4.97. The fourth-order valence-electron chi connectivity index (χ4n) is 1.53. The Morgan fingerprint density at radius 3 is 2.89 bits per heavy atom. The molecule has 94 valence electrons. The molecule has 0 bridgehead atoms. The van der Waals surface area contributed by atoms with Crippen LogP contribution in [-0.4, -0.2) is 25.2 Å². The van der Waals surface area contributed by atoms with Crippen LogP contribution in [0, 0.1) is 0 Å². The van der Waals surface area contributed by atoms with E-state index in [2.05, 4.69) is 36.0 Å².